The van der Waals surface area contributed by atoms with Crippen LogP contribution in [0.5, 0.6) is 0 Å². The first-order valence-corrected chi connectivity index (χ1v) is 7.39. The molecule has 2 N–H and O–H groups in total. The molecule has 0 aliphatic rings. The average Bonchev–Trinajstić information content (AvgIpc) is 2.73. The lowest BCUT2D eigenvalue weighted by atomic mass is 10.2. The van der Waals surface area contributed by atoms with E-state index in [1.54, 1.807) is 4.90 Å². The Balaban J connectivity index is 2.46. The van der Waals surface area contributed by atoms with E-state index in [0.717, 1.165) is 16.5 Å². The molecule has 1 aromatic carbocycles. The zero-order valence-corrected chi connectivity index (χ0v) is 12.8. The van der Waals surface area contributed by atoms with E-state index in [0.29, 0.717) is 15.6 Å². The predicted octanol–water partition coefficient (Wildman–Crippen LogP) is 4.01. The molecule has 0 radical (unpaired) electrons. The van der Waals surface area contributed by atoms with Crippen molar-refractivity contribution in [2.24, 2.45) is 0 Å². The molecule has 2 aromatic rings. The molecule has 0 saturated carbocycles. The molecule has 1 atom stereocenters. The predicted molar refractivity (Wildman–Crippen MR) is 83.1 cm³/mol. The summed E-state index contributed by atoms with van der Waals surface area (Å²) in [5.41, 5.74) is 6.62. The molecule has 3 nitrogen and oxygen atoms in total. The Bertz CT molecular complexity index is 623. The van der Waals surface area contributed by atoms with Crippen LogP contribution in [0.25, 0.3) is 10.1 Å². The minimum Gasteiger partial charge on any atom is -0.397 e. The molecule has 5 heteroatoms. The highest BCUT2D eigenvalue weighted by molar-refractivity contribution is 7.21. The van der Waals surface area contributed by atoms with Gasteiger partial charge in [-0.2, -0.15) is 0 Å². The molecule has 2 rings (SSSR count). The Kier molecular flexibility index (Phi) is 4.02. The molecule has 0 bridgehead atoms. The lowest BCUT2D eigenvalue weighted by Crippen LogP contribution is -2.34. The first-order chi connectivity index (χ1) is 8.95. The first kappa shape index (κ1) is 14.2. The third-order valence-electron chi connectivity index (χ3n) is 3.45. The topological polar surface area (TPSA) is 46.3 Å². The number of thiophene rings is 1. The number of halogens is 1. The van der Waals surface area contributed by atoms with Gasteiger partial charge in [-0.1, -0.05) is 18.5 Å². The molecule has 102 valence electrons. The van der Waals surface area contributed by atoms with E-state index in [9.17, 15) is 4.79 Å². The molecule has 0 aliphatic carbocycles. The third-order valence-corrected chi connectivity index (χ3v) is 4.86. The zero-order chi connectivity index (χ0) is 14.2. The average molecular weight is 297 g/mol. The van der Waals surface area contributed by atoms with Gasteiger partial charge in [0.15, 0.2) is 0 Å². The summed E-state index contributed by atoms with van der Waals surface area (Å²) < 4.78 is 0.989. The van der Waals surface area contributed by atoms with E-state index in [1.165, 1.54) is 11.3 Å². The maximum atomic E-state index is 12.4. The van der Waals surface area contributed by atoms with Gasteiger partial charge < -0.3 is 10.6 Å². The van der Waals surface area contributed by atoms with Gasteiger partial charge in [0.2, 0.25) is 0 Å². The lowest BCUT2D eigenvalue weighted by Gasteiger charge is -2.23. The van der Waals surface area contributed by atoms with Gasteiger partial charge >= 0.3 is 0 Å². The quantitative estimate of drug-likeness (QED) is 0.930. The monoisotopic (exact) mass is 296 g/mol. The van der Waals surface area contributed by atoms with Crippen molar-refractivity contribution in [3.05, 3.63) is 28.1 Å². The largest absolute Gasteiger partial charge is 0.397 e. The van der Waals surface area contributed by atoms with Crippen molar-refractivity contribution >= 4 is 44.6 Å². The van der Waals surface area contributed by atoms with Crippen LogP contribution in [0.4, 0.5) is 5.69 Å². The number of hydrogen-bond donors (Lipinski definition) is 1. The number of rotatable bonds is 3. The highest BCUT2D eigenvalue weighted by atomic mass is 35.5. The second-order valence-electron chi connectivity index (χ2n) is 4.66. The fourth-order valence-electron chi connectivity index (χ4n) is 1.88. The minimum atomic E-state index is -0.0239. The number of anilines is 1. The Hall–Kier alpha value is -1.26. The number of carbonyl (C=O) groups is 1. The fraction of sp³-hybridized carbons (Fsp3) is 0.357. The Labute approximate surface area is 122 Å². The molecule has 1 amide bonds. The summed E-state index contributed by atoms with van der Waals surface area (Å²) in [5.74, 6) is -0.0239. The summed E-state index contributed by atoms with van der Waals surface area (Å²) in [6.07, 6.45) is 0.916. The maximum Gasteiger partial charge on any atom is 0.266 e. The van der Waals surface area contributed by atoms with Gasteiger partial charge in [-0.15, -0.1) is 11.3 Å². The highest BCUT2D eigenvalue weighted by Crippen LogP contribution is 2.36. The Morgan fingerprint density at radius 2 is 2.21 bits per heavy atom. The van der Waals surface area contributed by atoms with Crippen molar-refractivity contribution in [1.82, 2.24) is 4.90 Å². The third kappa shape index (κ3) is 2.55. The smallest absolute Gasteiger partial charge is 0.266 e. The number of hydrogen-bond acceptors (Lipinski definition) is 3. The lowest BCUT2D eigenvalue weighted by molar-refractivity contribution is 0.0746. The number of benzene rings is 1. The van der Waals surface area contributed by atoms with E-state index in [-0.39, 0.29) is 11.9 Å². The summed E-state index contributed by atoms with van der Waals surface area (Å²) in [5, 5.41) is 1.49. The van der Waals surface area contributed by atoms with Crippen LogP contribution in [-0.4, -0.2) is 23.9 Å². The summed E-state index contributed by atoms with van der Waals surface area (Å²) >= 11 is 7.39. The van der Waals surface area contributed by atoms with Crippen LogP contribution in [-0.2, 0) is 0 Å². The van der Waals surface area contributed by atoms with Gasteiger partial charge in [0.05, 0.1) is 5.69 Å². The number of nitrogens with zero attached hydrogens (tertiary/aromatic N) is 1. The van der Waals surface area contributed by atoms with Crippen molar-refractivity contribution < 1.29 is 4.79 Å². The fourth-order valence-corrected chi connectivity index (χ4v) is 3.14. The zero-order valence-electron chi connectivity index (χ0n) is 11.2. The minimum absolute atomic E-state index is 0.0239. The molecule has 0 saturated heterocycles. The second-order valence-corrected chi connectivity index (χ2v) is 6.15. The van der Waals surface area contributed by atoms with Crippen molar-refractivity contribution in [3.8, 4) is 0 Å². The number of amides is 1. The Morgan fingerprint density at radius 1 is 1.53 bits per heavy atom. The van der Waals surface area contributed by atoms with Gasteiger partial charge in [-0.3, -0.25) is 4.79 Å². The molecule has 0 spiro atoms. The van der Waals surface area contributed by atoms with Crippen molar-refractivity contribution in [2.75, 3.05) is 12.8 Å². The van der Waals surface area contributed by atoms with E-state index < -0.39 is 0 Å². The van der Waals surface area contributed by atoms with Crippen LogP contribution in [0.15, 0.2) is 18.2 Å². The van der Waals surface area contributed by atoms with Crippen LogP contribution >= 0.6 is 22.9 Å². The summed E-state index contributed by atoms with van der Waals surface area (Å²) in [7, 11) is 1.81. The highest BCUT2D eigenvalue weighted by Gasteiger charge is 2.22. The van der Waals surface area contributed by atoms with Gasteiger partial charge in [0.1, 0.15) is 4.88 Å². The second kappa shape index (κ2) is 5.39. The molecule has 1 heterocycles. The van der Waals surface area contributed by atoms with Crippen LogP contribution in [0.3, 0.4) is 0 Å². The molecular weight excluding hydrogens is 280 g/mol. The summed E-state index contributed by atoms with van der Waals surface area (Å²) in [6.45, 7) is 4.08. The Morgan fingerprint density at radius 3 is 2.84 bits per heavy atom. The molecule has 1 unspecified atom stereocenters. The van der Waals surface area contributed by atoms with Crippen molar-refractivity contribution in [1.29, 1.82) is 0 Å². The van der Waals surface area contributed by atoms with Gasteiger partial charge in [0, 0.05) is 28.2 Å². The summed E-state index contributed by atoms with van der Waals surface area (Å²) in [4.78, 5) is 14.8. The van der Waals surface area contributed by atoms with E-state index in [4.69, 9.17) is 17.3 Å². The number of nitrogen functional groups attached to an aromatic ring is 1. The first-order valence-electron chi connectivity index (χ1n) is 6.20. The molecule has 1 aromatic heterocycles. The van der Waals surface area contributed by atoms with Crippen LogP contribution < -0.4 is 5.73 Å². The van der Waals surface area contributed by atoms with Gasteiger partial charge in [-0.05, 0) is 31.5 Å². The number of fused-ring (bicyclic) bond motifs is 1. The molecule has 0 fully saturated rings. The molecule has 0 aliphatic heterocycles. The normalized spacial score (nSPS) is 12.6. The maximum absolute atomic E-state index is 12.4. The molecular formula is C14H17ClN2OS. The van der Waals surface area contributed by atoms with Crippen molar-refractivity contribution in [2.45, 2.75) is 26.3 Å². The standard InChI is InChI=1S/C14H17ClN2OS/c1-4-8(2)17(3)14(18)13-12(16)10-7-9(15)5-6-11(10)19-13/h5-8H,4,16H2,1-3H3. The van der Waals surface area contributed by atoms with Gasteiger partial charge in [-0.25, -0.2) is 0 Å². The number of nitrogens with two attached hydrogens (primary N) is 1. The van der Waals surface area contributed by atoms with Crippen LogP contribution in [0, 0.1) is 0 Å². The summed E-state index contributed by atoms with van der Waals surface area (Å²) in [6, 6.07) is 5.72. The van der Waals surface area contributed by atoms with E-state index in [1.807, 2.05) is 32.2 Å². The van der Waals surface area contributed by atoms with Crippen LogP contribution in [0.2, 0.25) is 5.02 Å². The van der Waals surface area contributed by atoms with Gasteiger partial charge in [0.25, 0.3) is 5.91 Å². The van der Waals surface area contributed by atoms with E-state index >= 15 is 0 Å². The SMILES string of the molecule is CCC(C)N(C)C(=O)c1sc2ccc(Cl)cc2c1N. The number of carbonyl (C=O) groups excluding carboxylic acids is 1. The molecule has 19 heavy (non-hydrogen) atoms. The van der Waals surface area contributed by atoms with Crippen molar-refractivity contribution in [3.63, 3.8) is 0 Å². The van der Waals surface area contributed by atoms with E-state index in [2.05, 4.69) is 6.92 Å². The van der Waals surface area contributed by atoms with Crippen LogP contribution in [0.1, 0.15) is 29.9 Å².